The van der Waals surface area contributed by atoms with E-state index in [1.165, 1.54) is 12.8 Å². The Balaban J connectivity index is 1.80. The van der Waals surface area contributed by atoms with E-state index in [2.05, 4.69) is 11.8 Å². The lowest BCUT2D eigenvalue weighted by atomic mass is 9.51. The zero-order valence-corrected chi connectivity index (χ0v) is 18.2. The zero-order chi connectivity index (χ0) is 21.7. The molecule has 30 heavy (non-hydrogen) atoms. The largest absolute Gasteiger partial charge is 0.497 e. The van der Waals surface area contributed by atoms with Gasteiger partial charge >= 0.3 is 5.97 Å². The molecule has 2 saturated carbocycles. The van der Waals surface area contributed by atoms with E-state index < -0.39 is 22.9 Å². The highest BCUT2D eigenvalue weighted by atomic mass is 16.5. The average Bonchev–Trinajstić information content (AvgIpc) is 3.51. The third-order valence-electron chi connectivity index (χ3n) is 7.95. The van der Waals surface area contributed by atoms with Gasteiger partial charge < -0.3 is 14.9 Å². The fourth-order valence-corrected chi connectivity index (χ4v) is 5.97. The van der Waals surface area contributed by atoms with Gasteiger partial charge in [0, 0.05) is 30.3 Å². The van der Waals surface area contributed by atoms with Crippen molar-refractivity contribution in [3.05, 3.63) is 29.3 Å². The minimum Gasteiger partial charge on any atom is -0.497 e. The van der Waals surface area contributed by atoms with Crippen LogP contribution in [0.1, 0.15) is 56.6 Å². The number of aryl methyl sites for hydroxylation is 1. The highest BCUT2D eigenvalue weighted by molar-refractivity contribution is 5.87. The summed E-state index contributed by atoms with van der Waals surface area (Å²) in [5, 5.41) is 21.7. The number of ether oxygens (including phenoxy) is 1. The van der Waals surface area contributed by atoms with Gasteiger partial charge in [-0.1, -0.05) is 6.07 Å². The molecule has 0 bridgehead atoms. The summed E-state index contributed by atoms with van der Waals surface area (Å²) in [5.74, 6) is -0.273. The van der Waals surface area contributed by atoms with Crippen LogP contribution in [-0.2, 0) is 15.0 Å². The summed E-state index contributed by atoms with van der Waals surface area (Å²) >= 11 is 0. The molecule has 4 unspecified atom stereocenters. The van der Waals surface area contributed by atoms with E-state index in [0.29, 0.717) is 18.1 Å². The third-order valence-corrected chi connectivity index (χ3v) is 7.95. The lowest BCUT2D eigenvalue weighted by Gasteiger charge is -2.61. The Kier molecular flexibility index (Phi) is 5.43. The maximum Gasteiger partial charge on any atom is 0.304 e. The number of carboxylic acids is 1. The summed E-state index contributed by atoms with van der Waals surface area (Å²) < 4.78 is 5.46. The molecule has 164 valence electrons. The van der Waals surface area contributed by atoms with Crippen molar-refractivity contribution in [1.82, 2.24) is 4.90 Å². The summed E-state index contributed by atoms with van der Waals surface area (Å²) in [5.41, 5.74) is 0.0913. The topological polar surface area (TPSA) is 87.1 Å². The molecule has 1 aromatic carbocycles. The van der Waals surface area contributed by atoms with Crippen LogP contribution in [0, 0.1) is 18.8 Å². The number of ketones is 1. The minimum absolute atomic E-state index is 0.0489. The van der Waals surface area contributed by atoms with E-state index in [4.69, 9.17) is 4.74 Å². The van der Waals surface area contributed by atoms with Crippen LogP contribution in [-0.4, -0.2) is 58.7 Å². The molecule has 1 aliphatic heterocycles. The molecular formula is C24H33NO5. The Bertz CT molecular complexity index is 850. The maximum atomic E-state index is 13.1. The molecule has 6 heteroatoms. The average molecular weight is 416 g/mol. The summed E-state index contributed by atoms with van der Waals surface area (Å²) in [4.78, 5) is 26.9. The number of methoxy groups -OCH3 is 1. The molecule has 2 aliphatic carbocycles. The molecule has 0 aromatic heterocycles. The second kappa shape index (κ2) is 7.65. The normalized spacial score (nSPS) is 34.5. The Morgan fingerprint density at radius 1 is 1.33 bits per heavy atom. The Hall–Kier alpha value is -1.92. The standard InChI is InChI=1S/C24H33NO5/c1-15-4-7-19(30-3)11-20(15)23-8-9-25(14-17-5-6-17)16(2)24(23,29)12-18(10-22(27)28)21(26)13-23/h4,7,11,16-18,29H,5-6,8-10,12-14H2,1-3H3,(H,27,28). The van der Waals surface area contributed by atoms with Crippen LogP contribution >= 0.6 is 0 Å². The number of aliphatic carboxylic acids is 1. The van der Waals surface area contributed by atoms with E-state index in [1.807, 2.05) is 25.1 Å². The second-order valence-electron chi connectivity index (χ2n) is 9.69. The fraction of sp³-hybridized carbons (Fsp3) is 0.667. The number of aliphatic hydroxyl groups is 1. The molecule has 0 radical (unpaired) electrons. The molecule has 1 saturated heterocycles. The molecular weight excluding hydrogens is 382 g/mol. The van der Waals surface area contributed by atoms with Crippen LogP contribution < -0.4 is 4.74 Å². The summed E-state index contributed by atoms with van der Waals surface area (Å²) in [7, 11) is 1.62. The van der Waals surface area contributed by atoms with Gasteiger partial charge in [0.2, 0.25) is 0 Å². The van der Waals surface area contributed by atoms with Crippen molar-refractivity contribution in [3.8, 4) is 5.75 Å². The number of hydrogen-bond acceptors (Lipinski definition) is 5. The first kappa shape index (κ1) is 21.3. The number of benzene rings is 1. The number of carbonyl (C=O) groups excluding carboxylic acids is 1. The van der Waals surface area contributed by atoms with Gasteiger partial charge in [0.05, 0.1) is 19.1 Å². The predicted molar refractivity (Wildman–Crippen MR) is 113 cm³/mol. The number of likely N-dealkylation sites (tertiary alicyclic amines) is 1. The number of nitrogens with zero attached hydrogens (tertiary/aromatic N) is 1. The first-order valence-corrected chi connectivity index (χ1v) is 11.1. The van der Waals surface area contributed by atoms with Crippen LogP contribution in [0.15, 0.2) is 18.2 Å². The van der Waals surface area contributed by atoms with Crippen molar-refractivity contribution in [2.75, 3.05) is 20.2 Å². The molecule has 0 amide bonds. The first-order valence-electron chi connectivity index (χ1n) is 11.1. The van der Waals surface area contributed by atoms with Crippen molar-refractivity contribution < 1.29 is 24.5 Å². The van der Waals surface area contributed by atoms with Crippen molar-refractivity contribution >= 4 is 11.8 Å². The van der Waals surface area contributed by atoms with Gasteiger partial charge in [-0.2, -0.15) is 0 Å². The number of hydrogen-bond donors (Lipinski definition) is 2. The second-order valence-corrected chi connectivity index (χ2v) is 9.69. The van der Waals surface area contributed by atoms with E-state index in [0.717, 1.165) is 24.2 Å². The smallest absolute Gasteiger partial charge is 0.304 e. The van der Waals surface area contributed by atoms with E-state index in [1.54, 1.807) is 7.11 Å². The van der Waals surface area contributed by atoms with Gasteiger partial charge in [-0.3, -0.25) is 14.5 Å². The summed E-state index contributed by atoms with van der Waals surface area (Å²) in [6.45, 7) is 5.86. The predicted octanol–water partition coefficient (Wildman–Crippen LogP) is 2.93. The highest BCUT2D eigenvalue weighted by Crippen LogP contribution is 2.56. The monoisotopic (exact) mass is 415 g/mol. The lowest BCUT2D eigenvalue weighted by molar-refractivity contribution is -0.176. The number of carboxylic acid groups (broad SMARTS) is 1. The molecule has 3 fully saturated rings. The van der Waals surface area contributed by atoms with E-state index >= 15 is 0 Å². The van der Waals surface area contributed by atoms with Crippen LogP contribution in [0.3, 0.4) is 0 Å². The fourth-order valence-electron chi connectivity index (χ4n) is 5.97. The van der Waals surface area contributed by atoms with E-state index in [9.17, 15) is 19.8 Å². The highest BCUT2D eigenvalue weighted by Gasteiger charge is 2.63. The lowest BCUT2D eigenvalue weighted by Crippen LogP contribution is -2.71. The van der Waals surface area contributed by atoms with Crippen LogP contribution in [0.4, 0.5) is 0 Å². The van der Waals surface area contributed by atoms with Gasteiger partial charge in [-0.25, -0.2) is 0 Å². The molecule has 4 rings (SSSR count). The third kappa shape index (κ3) is 3.44. The molecule has 2 N–H and O–H groups in total. The summed E-state index contributed by atoms with van der Waals surface area (Å²) in [6.07, 6.45) is 3.31. The quantitative estimate of drug-likeness (QED) is 0.743. The maximum absolute atomic E-state index is 13.1. The number of Topliss-reactive ketones (excluding diaryl/α,β-unsaturated/α-hetero) is 1. The van der Waals surface area contributed by atoms with Gasteiger partial charge in [-0.05, 0) is 75.3 Å². The Morgan fingerprint density at radius 2 is 2.07 bits per heavy atom. The number of piperidine rings is 1. The van der Waals surface area contributed by atoms with Crippen molar-refractivity contribution in [2.45, 2.75) is 69.4 Å². The molecule has 3 aliphatic rings. The van der Waals surface area contributed by atoms with Crippen molar-refractivity contribution in [2.24, 2.45) is 11.8 Å². The number of carbonyl (C=O) groups is 2. The minimum atomic E-state index is -1.18. The molecule has 0 spiro atoms. The number of fused-ring (bicyclic) bond motifs is 1. The molecule has 1 heterocycles. The van der Waals surface area contributed by atoms with Crippen LogP contribution in [0.25, 0.3) is 0 Å². The summed E-state index contributed by atoms with van der Waals surface area (Å²) in [6, 6.07) is 5.70. The first-order chi connectivity index (χ1) is 14.2. The van der Waals surface area contributed by atoms with Crippen molar-refractivity contribution in [3.63, 3.8) is 0 Å². The molecule has 1 aromatic rings. The van der Waals surface area contributed by atoms with Crippen LogP contribution in [0.2, 0.25) is 0 Å². The van der Waals surface area contributed by atoms with Crippen molar-refractivity contribution in [1.29, 1.82) is 0 Å². The van der Waals surface area contributed by atoms with Gasteiger partial charge in [0.15, 0.2) is 0 Å². The van der Waals surface area contributed by atoms with E-state index in [-0.39, 0.29) is 31.1 Å². The zero-order valence-electron chi connectivity index (χ0n) is 18.2. The SMILES string of the molecule is COc1ccc(C)c(C23CCN(CC4CC4)C(C)C2(O)CC(CC(=O)O)C(=O)C3)c1. The van der Waals surface area contributed by atoms with Gasteiger partial charge in [0.1, 0.15) is 11.5 Å². The Morgan fingerprint density at radius 3 is 2.70 bits per heavy atom. The number of rotatable bonds is 6. The van der Waals surface area contributed by atoms with Gasteiger partial charge in [-0.15, -0.1) is 0 Å². The van der Waals surface area contributed by atoms with Crippen LogP contribution in [0.5, 0.6) is 5.75 Å². The molecule has 4 atom stereocenters. The van der Waals surface area contributed by atoms with Gasteiger partial charge in [0.25, 0.3) is 0 Å². The molecule has 6 nitrogen and oxygen atoms in total. The Labute approximate surface area is 178 Å².